The predicted octanol–water partition coefficient (Wildman–Crippen LogP) is 5.92. The number of thiophene rings is 1. The fourth-order valence-electron chi connectivity index (χ4n) is 4.90. The summed E-state index contributed by atoms with van der Waals surface area (Å²) in [5.74, 6) is 1.39. The molecule has 0 saturated heterocycles. The number of nitrogens with one attached hydrogen (secondary N) is 3. The minimum absolute atomic E-state index is 0.0408. The molecule has 0 bridgehead atoms. The Hall–Kier alpha value is -3.46. The van der Waals surface area contributed by atoms with Gasteiger partial charge in [-0.25, -0.2) is 4.98 Å². The van der Waals surface area contributed by atoms with Gasteiger partial charge in [0.2, 0.25) is 11.9 Å². The first kappa shape index (κ1) is 25.2. The van der Waals surface area contributed by atoms with E-state index in [0.717, 1.165) is 42.7 Å². The Bertz CT molecular complexity index is 1370. The van der Waals surface area contributed by atoms with Gasteiger partial charge in [-0.2, -0.15) is 9.97 Å². The maximum absolute atomic E-state index is 11.4. The van der Waals surface area contributed by atoms with Crippen LogP contribution in [-0.4, -0.2) is 37.5 Å². The normalized spacial score (nSPS) is 17.8. The molecule has 0 radical (unpaired) electrons. The zero-order chi connectivity index (χ0) is 25.9. The molecule has 3 aromatic heterocycles. The van der Waals surface area contributed by atoms with E-state index in [9.17, 15) is 4.79 Å². The molecule has 37 heavy (non-hydrogen) atoms. The van der Waals surface area contributed by atoms with Gasteiger partial charge in [0.25, 0.3) is 0 Å². The van der Waals surface area contributed by atoms with Crippen LogP contribution in [0.5, 0.6) is 0 Å². The van der Waals surface area contributed by atoms with Crippen LogP contribution in [0.4, 0.5) is 11.8 Å². The summed E-state index contributed by atoms with van der Waals surface area (Å²) in [7, 11) is 0. The second-order valence-electron chi connectivity index (χ2n) is 10.2. The third kappa shape index (κ3) is 5.93. The summed E-state index contributed by atoms with van der Waals surface area (Å²) >= 11 is 1.81. The van der Waals surface area contributed by atoms with Crippen molar-refractivity contribution in [1.82, 2.24) is 24.8 Å². The van der Waals surface area contributed by atoms with Crippen LogP contribution in [-0.2, 0) is 11.3 Å². The van der Waals surface area contributed by atoms with Crippen molar-refractivity contribution in [3.63, 3.8) is 0 Å². The van der Waals surface area contributed by atoms with Gasteiger partial charge in [0.15, 0.2) is 17.0 Å². The fourth-order valence-corrected chi connectivity index (χ4v) is 5.77. The molecule has 0 unspecified atom stereocenters. The highest BCUT2D eigenvalue weighted by molar-refractivity contribution is 7.15. The highest BCUT2D eigenvalue weighted by Gasteiger charge is 2.23. The van der Waals surface area contributed by atoms with Crippen LogP contribution >= 0.6 is 11.3 Å². The average molecular weight is 518 g/mol. The molecule has 1 saturated carbocycles. The van der Waals surface area contributed by atoms with Crippen molar-refractivity contribution in [2.45, 2.75) is 78.0 Å². The van der Waals surface area contributed by atoms with E-state index in [0.29, 0.717) is 12.5 Å². The Labute approximate surface area is 221 Å². The number of hydrogen-bond donors (Lipinski definition) is 3. The lowest BCUT2D eigenvalue weighted by atomic mass is 9.91. The standard InChI is InChI=1S/C28H35N7OS/c1-17(2)35-16-30-25-26(29-15-20-6-8-21(9-7-20)24-14-5-18(3)37-24)33-28(34-27(25)35)32-23-12-10-22(11-13-23)31-19(4)36/h5-9,14,16-17,22-23H,10-13,15H2,1-4H3,(H,31,36)(H2,29,32,33,34). The van der Waals surface area contributed by atoms with Crippen LogP contribution < -0.4 is 16.0 Å². The van der Waals surface area contributed by atoms with Crippen LogP contribution in [0.1, 0.15) is 62.9 Å². The second kappa shape index (κ2) is 10.9. The van der Waals surface area contributed by atoms with Crippen molar-refractivity contribution >= 4 is 40.2 Å². The summed E-state index contributed by atoms with van der Waals surface area (Å²) in [5.41, 5.74) is 4.02. The molecular weight excluding hydrogens is 482 g/mol. The third-order valence-electron chi connectivity index (χ3n) is 6.88. The lowest BCUT2D eigenvalue weighted by Gasteiger charge is -2.29. The van der Waals surface area contributed by atoms with Crippen molar-refractivity contribution in [3.8, 4) is 10.4 Å². The number of aryl methyl sites for hydroxylation is 1. The molecule has 1 amide bonds. The first-order valence-corrected chi connectivity index (χ1v) is 13.8. The van der Waals surface area contributed by atoms with E-state index in [1.165, 1.54) is 20.9 Å². The number of anilines is 2. The molecule has 8 nitrogen and oxygen atoms in total. The first-order valence-electron chi connectivity index (χ1n) is 13.0. The van der Waals surface area contributed by atoms with Gasteiger partial charge in [-0.3, -0.25) is 4.79 Å². The van der Waals surface area contributed by atoms with E-state index >= 15 is 0 Å². The average Bonchev–Trinajstić information content (AvgIpc) is 3.50. The lowest BCUT2D eigenvalue weighted by molar-refractivity contribution is -0.119. The Morgan fingerprint density at radius 3 is 2.43 bits per heavy atom. The molecule has 1 fully saturated rings. The third-order valence-corrected chi connectivity index (χ3v) is 7.93. The van der Waals surface area contributed by atoms with Crippen molar-refractivity contribution < 1.29 is 4.79 Å². The summed E-state index contributed by atoms with van der Waals surface area (Å²) in [6.45, 7) is 8.62. The first-order chi connectivity index (χ1) is 17.9. The molecule has 4 aromatic rings. The Morgan fingerprint density at radius 1 is 1.05 bits per heavy atom. The molecule has 9 heteroatoms. The molecule has 5 rings (SSSR count). The number of aromatic nitrogens is 4. The number of fused-ring (bicyclic) bond motifs is 1. The van der Waals surface area contributed by atoms with Crippen molar-refractivity contribution in [2.75, 3.05) is 10.6 Å². The number of imidazole rings is 1. The SMILES string of the molecule is CC(=O)NC1CCC(Nc2nc(NCc3ccc(-c4ccc(C)s4)cc3)c3ncn(C(C)C)c3n2)CC1. The monoisotopic (exact) mass is 517 g/mol. The van der Waals surface area contributed by atoms with Gasteiger partial charge < -0.3 is 20.5 Å². The minimum atomic E-state index is 0.0408. The molecule has 3 N–H and O–H groups in total. The predicted molar refractivity (Wildman–Crippen MR) is 151 cm³/mol. The van der Waals surface area contributed by atoms with E-state index in [4.69, 9.17) is 9.97 Å². The fraction of sp³-hybridized carbons (Fsp3) is 0.429. The summed E-state index contributed by atoms with van der Waals surface area (Å²) in [4.78, 5) is 28.3. The molecule has 194 valence electrons. The minimum Gasteiger partial charge on any atom is -0.364 e. The number of nitrogens with zero attached hydrogens (tertiary/aromatic N) is 4. The van der Waals surface area contributed by atoms with Crippen LogP contribution in [0.2, 0.25) is 0 Å². The highest BCUT2D eigenvalue weighted by atomic mass is 32.1. The number of rotatable bonds is 8. The Kier molecular flexibility index (Phi) is 7.41. The number of carbonyl (C=O) groups excluding carboxylic acids is 1. The number of benzene rings is 1. The molecule has 1 aliphatic carbocycles. The number of hydrogen-bond acceptors (Lipinski definition) is 7. The smallest absolute Gasteiger partial charge is 0.227 e. The van der Waals surface area contributed by atoms with Gasteiger partial charge in [-0.05, 0) is 69.7 Å². The van der Waals surface area contributed by atoms with Crippen molar-refractivity contribution in [1.29, 1.82) is 0 Å². The largest absolute Gasteiger partial charge is 0.364 e. The molecular formula is C28H35N7OS. The number of carbonyl (C=O) groups is 1. The maximum atomic E-state index is 11.4. The molecule has 0 spiro atoms. The summed E-state index contributed by atoms with van der Waals surface area (Å²) in [5, 5.41) is 10.1. The molecule has 1 aromatic carbocycles. The Balaban J connectivity index is 1.32. The summed E-state index contributed by atoms with van der Waals surface area (Å²) < 4.78 is 2.08. The molecule has 3 heterocycles. The maximum Gasteiger partial charge on any atom is 0.227 e. The number of amides is 1. The zero-order valence-electron chi connectivity index (χ0n) is 21.9. The van der Waals surface area contributed by atoms with Gasteiger partial charge in [0.1, 0.15) is 0 Å². The molecule has 1 aliphatic rings. The second-order valence-corrected chi connectivity index (χ2v) is 11.5. The van der Waals surface area contributed by atoms with Crippen LogP contribution in [0.3, 0.4) is 0 Å². The van der Waals surface area contributed by atoms with Gasteiger partial charge in [0.05, 0.1) is 6.33 Å². The molecule has 0 atom stereocenters. The lowest BCUT2D eigenvalue weighted by Crippen LogP contribution is -2.39. The van der Waals surface area contributed by atoms with E-state index in [1.54, 1.807) is 6.92 Å². The quantitative estimate of drug-likeness (QED) is 0.269. The van der Waals surface area contributed by atoms with Crippen molar-refractivity contribution in [2.24, 2.45) is 0 Å². The Morgan fingerprint density at radius 2 is 1.78 bits per heavy atom. The van der Waals surface area contributed by atoms with E-state index < -0.39 is 0 Å². The highest BCUT2D eigenvalue weighted by Crippen LogP contribution is 2.29. The van der Waals surface area contributed by atoms with Crippen LogP contribution in [0.15, 0.2) is 42.7 Å². The van der Waals surface area contributed by atoms with E-state index in [-0.39, 0.29) is 24.0 Å². The van der Waals surface area contributed by atoms with E-state index in [2.05, 4.69) is 82.7 Å². The van der Waals surface area contributed by atoms with Gasteiger partial charge in [0, 0.05) is 41.3 Å². The zero-order valence-corrected chi connectivity index (χ0v) is 22.7. The summed E-state index contributed by atoms with van der Waals surface area (Å²) in [6.07, 6.45) is 5.68. The van der Waals surface area contributed by atoms with Crippen LogP contribution in [0.25, 0.3) is 21.6 Å². The van der Waals surface area contributed by atoms with E-state index in [1.807, 2.05) is 17.7 Å². The molecule has 0 aliphatic heterocycles. The van der Waals surface area contributed by atoms with Gasteiger partial charge in [-0.1, -0.05) is 24.3 Å². The van der Waals surface area contributed by atoms with Crippen LogP contribution in [0, 0.1) is 6.92 Å². The topological polar surface area (TPSA) is 96.8 Å². The van der Waals surface area contributed by atoms with Gasteiger partial charge >= 0.3 is 0 Å². The van der Waals surface area contributed by atoms with Gasteiger partial charge in [-0.15, -0.1) is 11.3 Å². The summed E-state index contributed by atoms with van der Waals surface area (Å²) in [6, 6.07) is 13.8. The van der Waals surface area contributed by atoms with Crippen molar-refractivity contribution in [3.05, 3.63) is 53.2 Å².